The average Bonchev–Trinajstić information content (AvgIpc) is 2.36. The smallest absolute Gasteiger partial charge is 0.352 e. The molecule has 5 heteroatoms. The van der Waals surface area contributed by atoms with Gasteiger partial charge in [0.2, 0.25) is 0 Å². The second kappa shape index (κ2) is 9.67. The molecule has 0 heterocycles. The minimum atomic E-state index is -0.653. The SMILES string of the molecule is CCCOC(=O)/C(C#N)=C/OCC(CC)OC. The van der Waals surface area contributed by atoms with Crippen molar-refractivity contribution in [1.29, 1.82) is 5.26 Å². The molecule has 0 aliphatic heterocycles. The summed E-state index contributed by atoms with van der Waals surface area (Å²) in [5.41, 5.74) is -0.135. The van der Waals surface area contributed by atoms with Crippen LogP contribution in [-0.4, -0.2) is 32.4 Å². The average molecular weight is 241 g/mol. The first-order chi connectivity index (χ1) is 8.19. The lowest BCUT2D eigenvalue weighted by molar-refractivity contribution is -0.138. The van der Waals surface area contributed by atoms with Crippen LogP contribution in [0, 0.1) is 11.3 Å². The zero-order valence-electron chi connectivity index (χ0n) is 10.6. The molecule has 0 aromatic heterocycles. The summed E-state index contributed by atoms with van der Waals surface area (Å²) >= 11 is 0. The largest absolute Gasteiger partial charge is 0.497 e. The normalized spacial score (nSPS) is 12.7. The molecule has 0 radical (unpaired) electrons. The molecule has 5 nitrogen and oxygen atoms in total. The zero-order chi connectivity index (χ0) is 13.1. The van der Waals surface area contributed by atoms with Gasteiger partial charge in [-0.25, -0.2) is 4.79 Å². The van der Waals surface area contributed by atoms with Crippen LogP contribution in [0.2, 0.25) is 0 Å². The van der Waals surface area contributed by atoms with Crippen LogP contribution in [-0.2, 0) is 19.0 Å². The van der Waals surface area contributed by atoms with Gasteiger partial charge in [0, 0.05) is 7.11 Å². The van der Waals surface area contributed by atoms with E-state index in [0.29, 0.717) is 19.6 Å². The Labute approximate surface area is 102 Å². The Morgan fingerprint density at radius 1 is 1.47 bits per heavy atom. The van der Waals surface area contributed by atoms with Gasteiger partial charge in [-0.2, -0.15) is 5.26 Å². The van der Waals surface area contributed by atoms with E-state index in [9.17, 15) is 4.79 Å². The third-order valence-electron chi connectivity index (χ3n) is 2.05. The van der Waals surface area contributed by atoms with Gasteiger partial charge in [-0.3, -0.25) is 0 Å². The van der Waals surface area contributed by atoms with E-state index in [4.69, 9.17) is 19.5 Å². The highest BCUT2D eigenvalue weighted by Gasteiger charge is 2.11. The van der Waals surface area contributed by atoms with Crippen LogP contribution in [0.1, 0.15) is 26.7 Å². The summed E-state index contributed by atoms with van der Waals surface area (Å²) in [7, 11) is 1.59. The number of hydrogen-bond donors (Lipinski definition) is 0. The maximum atomic E-state index is 11.3. The van der Waals surface area contributed by atoms with Crippen LogP contribution < -0.4 is 0 Å². The van der Waals surface area contributed by atoms with Crippen LogP contribution in [0.25, 0.3) is 0 Å². The van der Waals surface area contributed by atoms with E-state index in [1.165, 1.54) is 0 Å². The Hall–Kier alpha value is -1.54. The van der Waals surface area contributed by atoms with Gasteiger partial charge in [-0.05, 0) is 12.8 Å². The lowest BCUT2D eigenvalue weighted by atomic mass is 10.3. The Morgan fingerprint density at radius 3 is 2.65 bits per heavy atom. The molecular weight excluding hydrogens is 222 g/mol. The van der Waals surface area contributed by atoms with Crippen LogP contribution in [0.3, 0.4) is 0 Å². The lowest BCUT2D eigenvalue weighted by Gasteiger charge is -2.11. The fraction of sp³-hybridized carbons (Fsp3) is 0.667. The highest BCUT2D eigenvalue weighted by molar-refractivity contribution is 5.92. The molecule has 0 aromatic carbocycles. The van der Waals surface area contributed by atoms with Crippen LogP contribution in [0.4, 0.5) is 0 Å². The van der Waals surface area contributed by atoms with Crippen LogP contribution in [0.5, 0.6) is 0 Å². The topological polar surface area (TPSA) is 68.6 Å². The number of nitrogens with zero attached hydrogens (tertiary/aromatic N) is 1. The number of hydrogen-bond acceptors (Lipinski definition) is 5. The molecule has 0 bridgehead atoms. The van der Waals surface area contributed by atoms with Crippen molar-refractivity contribution in [2.24, 2.45) is 0 Å². The first-order valence-corrected chi connectivity index (χ1v) is 5.61. The van der Waals surface area contributed by atoms with Gasteiger partial charge in [0.15, 0.2) is 5.57 Å². The van der Waals surface area contributed by atoms with Gasteiger partial charge >= 0.3 is 5.97 Å². The van der Waals surface area contributed by atoms with Crippen LogP contribution in [0.15, 0.2) is 11.8 Å². The maximum absolute atomic E-state index is 11.3. The van der Waals surface area contributed by atoms with Crippen molar-refractivity contribution in [2.45, 2.75) is 32.8 Å². The fourth-order valence-corrected chi connectivity index (χ4v) is 0.984. The van der Waals surface area contributed by atoms with Gasteiger partial charge < -0.3 is 14.2 Å². The number of esters is 1. The van der Waals surface area contributed by atoms with Crippen LogP contribution >= 0.6 is 0 Å². The number of carbonyl (C=O) groups is 1. The standard InChI is InChI=1S/C12H19NO4/c1-4-6-17-12(14)10(7-13)8-16-9-11(5-2)15-3/h8,11H,4-6,9H2,1-3H3/b10-8+. The number of carbonyl (C=O) groups excluding carboxylic acids is 1. The van der Waals surface area contributed by atoms with Gasteiger partial charge in [0.1, 0.15) is 18.9 Å². The molecule has 0 fully saturated rings. The summed E-state index contributed by atoms with van der Waals surface area (Å²) in [5.74, 6) is -0.653. The number of nitriles is 1. The molecule has 0 aliphatic carbocycles. The number of rotatable bonds is 8. The van der Waals surface area contributed by atoms with Crippen molar-refractivity contribution in [3.05, 3.63) is 11.8 Å². The Bertz CT molecular complexity index is 289. The van der Waals surface area contributed by atoms with Crippen molar-refractivity contribution >= 4 is 5.97 Å². The van der Waals surface area contributed by atoms with Crippen molar-refractivity contribution < 1.29 is 19.0 Å². The van der Waals surface area contributed by atoms with Gasteiger partial charge in [0.25, 0.3) is 0 Å². The van der Waals surface area contributed by atoms with Crippen molar-refractivity contribution in [3.63, 3.8) is 0 Å². The van der Waals surface area contributed by atoms with E-state index >= 15 is 0 Å². The Balaban J connectivity index is 4.18. The Morgan fingerprint density at radius 2 is 2.18 bits per heavy atom. The Kier molecular flexibility index (Phi) is 8.79. The second-order valence-electron chi connectivity index (χ2n) is 3.38. The van der Waals surface area contributed by atoms with Gasteiger partial charge in [-0.15, -0.1) is 0 Å². The quantitative estimate of drug-likeness (QED) is 0.280. The number of ether oxygens (including phenoxy) is 3. The first-order valence-electron chi connectivity index (χ1n) is 5.61. The fourth-order valence-electron chi connectivity index (χ4n) is 0.984. The van der Waals surface area contributed by atoms with E-state index in [1.807, 2.05) is 13.8 Å². The molecule has 0 amide bonds. The van der Waals surface area contributed by atoms with Gasteiger partial charge in [0.05, 0.1) is 12.7 Å². The number of methoxy groups -OCH3 is 1. The molecule has 0 aliphatic rings. The predicted octanol–water partition coefficient (Wildman–Crippen LogP) is 1.79. The molecule has 0 spiro atoms. The highest BCUT2D eigenvalue weighted by Crippen LogP contribution is 2.01. The summed E-state index contributed by atoms with van der Waals surface area (Å²) in [6, 6.07) is 1.74. The van der Waals surface area contributed by atoms with Crippen molar-refractivity contribution in [3.8, 4) is 6.07 Å². The third kappa shape index (κ3) is 6.59. The molecule has 0 rings (SSSR count). The minimum absolute atomic E-state index is 0.0437. The molecule has 0 saturated carbocycles. The molecule has 0 aromatic rings. The first kappa shape index (κ1) is 15.5. The summed E-state index contributed by atoms with van der Waals surface area (Å²) in [4.78, 5) is 11.3. The molecule has 0 N–H and O–H groups in total. The minimum Gasteiger partial charge on any atom is -0.497 e. The second-order valence-corrected chi connectivity index (χ2v) is 3.38. The predicted molar refractivity (Wildman–Crippen MR) is 62.0 cm³/mol. The highest BCUT2D eigenvalue weighted by atomic mass is 16.5. The van der Waals surface area contributed by atoms with E-state index in [0.717, 1.165) is 12.7 Å². The molecule has 0 saturated heterocycles. The lowest BCUT2D eigenvalue weighted by Crippen LogP contribution is -2.16. The molecular formula is C12H19NO4. The maximum Gasteiger partial charge on any atom is 0.352 e. The van der Waals surface area contributed by atoms with E-state index < -0.39 is 5.97 Å². The van der Waals surface area contributed by atoms with Crippen molar-refractivity contribution in [1.82, 2.24) is 0 Å². The molecule has 1 atom stereocenters. The zero-order valence-corrected chi connectivity index (χ0v) is 10.6. The third-order valence-corrected chi connectivity index (χ3v) is 2.05. The van der Waals surface area contributed by atoms with E-state index in [1.54, 1.807) is 13.2 Å². The molecule has 17 heavy (non-hydrogen) atoms. The summed E-state index contributed by atoms with van der Waals surface area (Å²) in [6.45, 7) is 4.44. The van der Waals surface area contributed by atoms with E-state index in [2.05, 4.69) is 0 Å². The van der Waals surface area contributed by atoms with Crippen molar-refractivity contribution in [2.75, 3.05) is 20.3 Å². The molecule has 96 valence electrons. The monoisotopic (exact) mass is 241 g/mol. The van der Waals surface area contributed by atoms with Gasteiger partial charge in [-0.1, -0.05) is 13.8 Å². The molecule has 1 unspecified atom stereocenters. The summed E-state index contributed by atoms with van der Waals surface area (Å²) in [5, 5.41) is 8.75. The van der Waals surface area contributed by atoms with E-state index in [-0.39, 0.29) is 11.7 Å². The summed E-state index contributed by atoms with van der Waals surface area (Å²) in [6.07, 6.45) is 2.59. The summed E-state index contributed by atoms with van der Waals surface area (Å²) < 4.78 is 15.0.